The second-order valence-electron chi connectivity index (χ2n) is 3.54. The maximum Gasteiger partial charge on any atom is -0.000579 e. The molecule has 2 nitrogen and oxygen atoms in total. The topological polar surface area (TPSA) is 38.0 Å². The lowest BCUT2D eigenvalue weighted by Crippen LogP contribution is -2.40. The highest BCUT2D eigenvalue weighted by molar-refractivity contribution is 4.78. The molecule has 2 heteroatoms. The van der Waals surface area contributed by atoms with E-state index in [1.807, 2.05) is 0 Å². The van der Waals surface area contributed by atoms with Crippen LogP contribution < -0.4 is 11.1 Å². The Labute approximate surface area is 69.5 Å². The van der Waals surface area contributed by atoms with E-state index in [9.17, 15) is 0 Å². The van der Waals surface area contributed by atoms with E-state index in [1.54, 1.807) is 0 Å². The number of hydrogen-bond donors (Lipinski definition) is 2. The van der Waals surface area contributed by atoms with Crippen LogP contribution in [0, 0.1) is 11.8 Å². The molecule has 1 heterocycles. The normalized spacial score (nSPS) is 32.2. The van der Waals surface area contributed by atoms with Crippen molar-refractivity contribution < 1.29 is 0 Å². The fourth-order valence-corrected chi connectivity index (χ4v) is 2.00. The summed E-state index contributed by atoms with van der Waals surface area (Å²) in [6, 6.07) is 0. The predicted molar refractivity (Wildman–Crippen MR) is 48.4 cm³/mol. The first-order chi connectivity index (χ1) is 5.38. The molecule has 2 atom stereocenters. The molecule has 1 fully saturated rings. The van der Waals surface area contributed by atoms with Crippen molar-refractivity contribution in [2.45, 2.75) is 26.2 Å². The molecular formula is C9H20N2. The number of hydrogen-bond acceptors (Lipinski definition) is 2. The minimum Gasteiger partial charge on any atom is -0.330 e. The van der Waals surface area contributed by atoms with Gasteiger partial charge in [0.2, 0.25) is 0 Å². The summed E-state index contributed by atoms with van der Waals surface area (Å²) in [6.07, 6.45) is 4.00. The molecule has 1 aliphatic heterocycles. The van der Waals surface area contributed by atoms with E-state index < -0.39 is 0 Å². The van der Waals surface area contributed by atoms with Crippen molar-refractivity contribution in [2.75, 3.05) is 19.6 Å². The molecule has 1 rings (SSSR count). The molecule has 1 aliphatic rings. The molecule has 0 spiro atoms. The number of nitrogens with one attached hydrogen (secondary N) is 1. The van der Waals surface area contributed by atoms with Crippen molar-refractivity contribution in [1.82, 2.24) is 5.32 Å². The Bertz CT molecular complexity index is 102. The standard InChI is InChI=1S/C9H20N2/c1-2-3-8-4-5-11-7-9(8)6-10/h8-9,11H,2-7,10H2,1H3. The lowest BCUT2D eigenvalue weighted by atomic mass is 9.83. The number of nitrogens with two attached hydrogens (primary N) is 1. The van der Waals surface area contributed by atoms with Crippen LogP contribution in [0.2, 0.25) is 0 Å². The molecule has 2 unspecified atom stereocenters. The average molecular weight is 156 g/mol. The quantitative estimate of drug-likeness (QED) is 0.639. The van der Waals surface area contributed by atoms with E-state index in [0.29, 0.717) is 0 Å². The van der Waals surface area contributed by atoms with Gasteiger partial charge in [-0.15, -0.1) is 0 Å². The van der Waals surface area contributed by atoms with Crippen LogP contribution in [0.1, 0.15) is 26.2 Å². The molecule has 66 valence electrons. The molecule has 3 N–H and O–H groups in total. The van der Waals surface area contributed by atoms with E-state index in [2.05, 4.69) is 12.2 Å². The molecule has 0 bridgehead atoms. The highest BCUT2D eigenvalue weighted by Gasteiger charge is 2.22. The molecule has 11 heavy (non-hydrogen) atoms. The third kappa shape index (κ3) is 2.46. The first kappa shape index (κ1) is 9.01. The molecule has 0 aromatic rings. The van der Waals surface area contributed by atoms with Gasteiger partial charge in [0.05, 0.1) is 0 Å². The molecular weight excluding hydrogens is 136 g/mol. The van der Waals surface area contributed by atoms with E-state index in [0.717, 1.165) is 24.9 Å². The van der Waals surface area contributed by atoms with Crippen LogP contribution in [0.3, 0.4) is 0 Å². The van der Waals surface area contributed by atoms with Gasteiger partial charge in [0.25, 0.3) is 0 Å². The summed E-state index contributed by atoms with van der Waals surface area (Å²) in [5, 5.41) is 3.39. The van der Waals surface area contributed by atoms with Gasteiger partial charge in [-0.1, -0.05) is 19.8 Å². The van der Waals surface area contributed by atoms with Gasteiger partial charge in [-0.25, -0.2) is 0 Å². The zero-order valence-corrected chi connectivity index (χ0v) is 7.47. The van der Waals surface area contributed by atoms with Crippen molar-refractivity contribution in [1.29, 1.82) is 0 Å². The van der Waals surface area contributed by atoms with Crippen molar-refractivity contribution in [2.24, 2.45) is 17.6 Å². The summed E-state index contributed by atoms with van der Waals surface area (Å²) in [5.41, 5.74) is 5.68. The highest BCUT2D eigenvalue weighted by Crippen LogP contribution is 2.22. The smallest absolute Gasteiger partial charge is 0.000579 e. The minimum atomic E-state index is 0.740. The first-order valence-corrected chi connectivity index (χ1v) is 4.79. The Morgan fingerprint density at radius 2 is 2.27 bits per heavy atom. The monoisotopic (exact) mass is 156 g/mol. The third-order valence-electron chi connectivity index (χ3n) is 2.73. The SMILES string of the molecule is CCCC1CCNCC1CN. The second kappa shape index (κ2) is 4.73. The van der Waals surface area contributed by atoms with Gasteiger partial charge in [0.1, 0.15) is 0 Å². The van der Waals surface area contributed by atoms with Gasteiger partial charge in [-0.05, 0) is 37.9 Å². The fourth-order valence-electron chi connectivity index (χ4n) is 2.00. The van der Waals surface area contributed by atoms with Gasteiger partial charge in [-0.3, -0.25) is 0 Å². The van der Waals surface area contributed by atoms with Crippen LogP contribution in [-0.4, -0.2) is 19.6 Å². The van der Waals surface area contributed by atoms with Crippen LogP contribution in [0.25, 0.3) is 0 Å². The number of rotatable bonds is 3. The van der Waals surface area contributed by atoms with E-state index >= 15 is 0 Å². The van der Waals surface area contributed by atoms with Gasteiger partial charge in [0.15, 0.2) is 0 Å². The Balaban J connectivity index is 2.31. The highest BCUT2D eigenvalue weighted by atomic mass is 14.9. The van der Waals surface area contributed by atoms with Gasteiger partial charge < -0.3 is 11.1 Å². The van der Waals surface area contributed by atoms with E-state index in [4.69, 9.17) is 5.73 Å². The predicted octanol–water partition coefficient (Wildman–Crippen LogP) is 0.971. The molecule has 0 aromatic carbocycles. The summed E-state index contributed by atoms with van der Waals surface area (Å²) >= 11 is 0. The zero-order valence-electron chi connectivity index (χ0n) is 7.47. The van der Waals surface area contributed by atoms with Gasteiger partial charge in [0, 0.05) is 0 Å². The van der Waals surface area contributed by atoms with E-state index in [-0.39, 0.29) is 0 Å². The van der Waals surface area contributed by atoms with Crippen LogP contribution in [0.15, 0.2) is 0 Å². The first-order valence-electron chi connectivity index (χ1n) is 4.79. The summed E-state index contributed by atoms with van der Waals surface area (Å²) in [6.45, 7) is 5.45. The zero-order chi connectivity index (χ0) is 8.10. The Morgan fingerprint density at radius 3 is 2.91 bits per heavy atom. The maximum atomic E-state index is 5.68. The van der Waals surface area contributed by atoms with Crippen LogP contribution in [-0.2, 0) is 0 Å². The average Bonchev–Trinajstić information content (AvgIpc) is 2.06. The van der Waals surface area contributed by atoms with Gasteiger partial charge in [-0.2, -0.15) is 0 Å². The van der Waals surface area contributed by atoms with Crippen LogP contribution in [0.4, 0.5) is 0 Å². The Hall–Kier alpha value is -0.0800. The van der Waals surface area contributed by atoms with Gasteiger partial charge >= 0.3 is 0 Å². The summed E-state index contributed by atoms with van der Waals surface area (Å²) in [4.78, 5) is 0. The molecule has 1 saturated heterocycles. The maximum absolute atomic E-state index is 5.68. The summed E-state index contributed by atoms with van der Waals surface area (Å²) in [5.74, 6) is 1.63. The summed E-state index contributed by atoms with van der Waals surface area (Å²) in [7, 11) is 0. The Morgan fingerprint density at radius 1 is 1.45 bits per heavy atom. The lowest BCUT2D eigenvalue weighted by molar-refractivity contribution is 0.245. The third-order valence-corrected chi connectivity index (χ3v) is 2.73. The lowest BCUT2D eigenvalue weighted by Gasteiger charge is -2.31. The second-order valence-corrected chi connectivity index (χ2v) is 3.54. The van der Waals surface area contributed by atoms with Crippen molar-refractivity contribution in [3.8, 4) is 0 Å². The molecule has 0 saturated carbocycles. The molecule has 0 aliphatic carbocycles. The Kier molecular flexibility index (Phi) is 3.87. The molecule has 0 aromatic heterocycles. The van der Waals surface area contributed by atoms with Crippen molar-refractivity contribution in [3.63, 3.8) is 0 Å². The summed E-state index contributed by atoms with van der Waals surface area (Å²) < 4.78 is 0. The van der Waals surface area contributed by atoms with Crippen molar-refractivity contribution >= 4 is 0 Å². The van der Waals surface area contributed by atoms with Crippen LogP contribution in [0.5, 0.6) is 0 Å². The van der Waals surface area contributed by atoms with Crippen LogP contribution >= 0.6 is 0 Å². The van der Waals surface area contributed by atoms with E-state index in [1.165, 1.54) is 25.8 Å². The molecule has 0 radical (unpaired) electrons. The number of piperidine rings is 1. The fraction of sp³-hybridized carbons (Fsp3) is 1.00. The van der Waals surface area contributed by atoms with Crippen molar-refractivity contribution in [3.05, 3.63) is 0 Å². The molecule has 0 amide bonds. The minimum absolute atomic E-state index is 0.740. The largest absolute Gasteiger partial charge is 0.330 e.